The van der Waals surface area contributed by atoms with Gasteiger partial charge in [0.2, 0.25) is 0 Å². The van der Waals surface area contributed by atoms with E-state index in [0.717, 1.165) is 16.7 Å². The topological polar surface area (TPSA) is 36.9 Å². The van der Waals surface area contributed by atoms with Gasteiger partial charge in [-0.25, -0.2) is 0 Å². The van der Waals surface area contributed by atoms with Crippen LogP contribution in [0.3, 0.4) is 0 Å². The second-order valence-electron chi connectivity index (χ2n) is 4.90. The Bertz CT molecular complexity index is 762. The van der Waals surface area contributed by atoms with Crippen LogP contribution in [-0.2, 0) is 0 Å². The van der Waals surface area contributed by atoms with Gasteiger partial charge in [-0.2, -0.15) is 0 Å². The van der Waals surface area contributed by atoms with E-state index >= 15 is 0 Å². The van der Waals surface area contributed by atoms with Crippen molar-refractivity contribution in [1.29, 1.82) is 0 Å². The molecular weight excluding hydrogens is 304 g/mol. The maximum Gasteiger partial charge on any atom is 0.161 e. The van der Waals surface area contributed by atoms with Crippen molar-refractivity contribution in [3.05, 3.63) is 53.6 Å². The molecular formula is C20H20O4. The molecule has 0 amide bonds. The van der Waals surface area contributed by atoms with Crippen LogP contribution in [0.15, 0.2) is 42.5 Å². The van der Waals surface area contributed by atoms with Crippen molar-refractivity contribution in [3.63, 3.8) is 0 Å². The third kappa shape index (κ3) is 3.64. The van der Waals surface area contributed by atoms with Gasteiger partial charge in [-0.3, -0.25) is 0 Å². The van der Waals surface area contributed by atoms with E-state index in [2.05, 4.69) is 5.92 Å². The van der Waals surface area contributed by atoms with Gasteiger partial charge >= 0.3 is 0 Å². The van der Waals surface area contributed by atoms with Gasteiger partial charge in [0, 0.05) is 6.07 Å². The van der Waals surface area contributed by atoms with Gasteiger partial charge in [0.15, 0.2) is 11.5 Å². The Morgan fingerprint density at radius 2 is 1.42 bits per heavy atom. The zero-order valence-corrected chi connectivity index (χ0v) is 14.3. The highest BCUT2D eigenvalue weighted by Crippen LogP contribution is 2.35. The molecule has 0 atom stereocenters. The predicted molar refractivity (Wildman–Crippen MR) is 95.0 cm³/mol. The van der Waals surface area contributed by atoms with Crippen LogP contribution in [0, 0.1) is 12.3 Å². The van der Waals surface area contributed by atoms with E-state index in [1.807, 2.05) is 36.4 Å². The average molecular weight is 324 g/mol. The van der Waals surface area contributed by atoms with Crippen LogP contribution >= 0.6 is 0 Å². The van der Waals surface area contributed by atoms with Crippen LogP contribution in [0.4, 0.5) is 0 Å². The van der Waals surface area contributed by atoms with Gasteiger partial charge in [0.1, 0.15) is 11.5 Å². The highest BCUT2D eigenvalue weighted by atomic mass is 16.5. The Morgan fingerprint density at radius 3 is 1.92 bits per heavy atom. The minimum absolute atomic E-state index is 0.632. The summed E-state index contributed by atoms with van der Waals surface area (Å²) in [6, 6.07) is 11.3. The molecule has 2 aromatic rings. The molecule has 0 radical (unpaired) electrons. The molecule has 0 spiro atoms. The van der Waals surface area contributed by atoms with Crippen molar-refractivity contribution in [3.8, 4) is 35.3 Å². The van der Waals surface area contributed by atoms with Gasteiger partial charge in [0.25, 0.3) is 0 Å². The van der Waals surface area contributed by atoms with E-state index in [1.165, 1.54) is 0 Å². The largest absolute Gasteiger partial charge is 0.497 e. The molecule has 2 aromatic carbocycles. The first kappa shape index (κ1) is 17.3. The lowest BCUT2D eigenvalue weighted by atomic mass is 9.96. The fourth-order valence-electron chi connectivity index (χ4n) is 2.38. The molecule has 24 heavy (non-hydrogen) atoms. The van der Waals surface area contributed by atoms with E-state index in [0.29, 0.717) is 23.0 Å². The molecule has 124 valence electrons. The summed E-state index contributed by atoms with van der Waals surface area (Å²) >= 11 is 0. The van der Waals surface area contributed by atoms with Crippen molar-refractivity contribution < 1.29 is 18.9 Å². The summed E-state index contributed by atoms with van der Waals surface area (Å²) in [7, 11) is 6.42. The molecule has 0 fully saturated rings. The van der Waals surface area contributed by atoms with E-state index < -0.39 is 0 Å². The second-order valence-corrected chi connectivity index (χ2v) is 4.90. The summed E-state index contributed by atoms with van der Waals surface area (Å²) in [6.45, 7) is 0. The number of rotatable bonds is 6. The Hall–Kier alpha value is -3.06. The van der Waals surface area contributed by atoms with Crippen LogP contribution in [0.25, 0.3) is 5.57 Å². The molecule has 0 saturated heterocycles. The van der Waals surface area contributed by atoms with E-state index in [1.54, 1.807) is 34.5 Å². The molecule has 0 bridgehead atoms. The zero-order chi connectivity index (χ0) is 17.5. The molecule has 0 aromatic heterocycles. The Kier molecular flexibility index (Phi) is 5.75. The summed E-state index contributed by atoms with van der Waals surface area (Å²) in [4.78, 5) is 0. The van der Waals surface area contributed by atoms with Crippen molar-refractivity contribution in [2.24, 2.45) is 0 Å². The molecule has 0 aliphatic carbocycles. The normalized spacial score (nSPS) is 10.7. The zero-order valence-electron chi connectivity index (χ0n) is 14.3. The van der Waals surface area contributed by atoms with Crippen molar-refractivity contribution in [1.82, 2.24) is 0 Å². The molecule has 0 unspecified atom stereocenters. The molecule has 2 rings (SSSR count). The summed E-state index contributed by atoms with van der Waals surface area (Å²) < 4.78 is 21.3. The van der Waals surface area contributed by atoms with Crippen molar-refractivity contribution >= 4 is 5.57 Å². The number of terminal acetylenes is 1. The first-order chi connectivity index (χ1) is 11.7. The molecule has 0 aliphatic rings. The molecule has 0 N–H and O–H groups in total. The van der Waals surface area contributed by atoms with Crippen molar-refractivity contribution in [2.45, 2.75) is 0 Å². The van der Waals surface area contributed by atoms with Crippen LogP contribution < -0.4 is 18.9 Å². The summed E-state index contributed by atoms with van der Waals surface area (Å²) in [5, 5.41) is 0. The van der Waals surface area contributed by atoms with Gasteiger partial charge in [0.05, 0.1) is 28.4 Å². The fraction of sp³-hybridized carbons (Fsp3) is 0.200. The first-order valence-electron chi connectivity index (χ1n) is 7.29. The number of methoxy groups -OCH3 is 4. The standard InChI is InChI=1S/C20H20O4/c1-6-7-18(14-8-9-19(23-4)20(12-14)24-5)15-10-16(21-2)13-17(11-15)22-3/h1,7-13H,2-5H3. The lowest BCUT2D eigenvalue weighted by Gasteiger charge is -2.14. The Labute approximate surface area is 142 Å². The van der Waals surface area contributed by atoms with Gasteiger partial charge in [-0.05, 0) is 47.0 Å². The van der Waals surface area contributed by atoms with Crippen molar-refractivity contribution in [2.75, 3.05) is 28.4 Å². The molecule has 0 aliphatic heterocycles. The van der Waals surface area contributed by atoms with Crippen LogP contribution in [0.1, 0.15) is 11.1 Å². The lowest BCUT2D eigenvalue weighted by Crippen LogP contribution is -1.95. The Morgan fingerprint density at radius 1 is 0.792 bits per heavy atom. The number of benzene rings is 2. The molecule has 0 heterocycles. The third-order valence-electron chi connectivity index (χ3n) is 3.58. The molecule has 4 heteroatoms. The predicted octanol–water partition coefficient (Wildman–Crippen LogP) is 3.79. The highest BCUT2D eigenvalue weighted by molar-refractivity contribution is 5.83. The van der Waals surface area contributed by atoms with Crippen LogP contribution in [0.2, 0.25) is 0 Å². The van der Waals surface area contributed by atoms with Gasteiger partial charge in [-0.15, -0.1) is 6.42 Å². The maximum absolute atomic E-state index is 5.53. The number of hydrogen-bond acceptors (Lipinski definition) is 4. The second kappa shape index (κ2) is 7.98. The summed E-state index contributed by atoms with van der Waals surface area (Å²) in [5.74, 6) is 5.25. The fourth-order valence-corrected chi connectivity index (χ4v) is 2.38. The third-order valence-corrected chi connectivity index (χ3v) is 3.58. The quantitative estimate of drug-likeness (QED) is 0.758. The SMILES string of the molecule is C#CC=C(c1cc(OC)cc(OC)c1)c1ccc(OC)c(OC)c1. The number of allylic oxidation sites excluding steroid dienone is 1. The average Bonchev–Trinajstić information content (AvgIpc) is 2.64. The number of ether oxygens (including phenoxy) is 4. The Balaban J connectivity index is 2.60. The molecule has 0 saturated carbocycles. The number of hydrogen-bond donors (Lipinski definition) is 0. The van der Waals surface area contributed by atoms with E-state index in [-0.39, 0.29) is 0 Å². The van der Waals surface area contributed by atoms with Gasteiger partial charge in [-0.1, -0.05) is 12.0 Å². The minimum Gasteiger partial charge on any atom is -0.497 e. The smallest absolute Gasteiger partial charge is 0.161 e. The maximum atomic E-state index is 5.53. The van der Waals surface area contributed by atoms with Crippen LogP contribution in [-0.4, -0.2) is 28.4 Å². The molecule has 4 nitrogen and oxygen atoms in total. The van der Waals surface area contributed by atoms with E-state index in [4.69, 9.17) is 25.4 Å². The monoisotopic (exact) mass is 324 g/mol. The van der Waals surface area contributed by atoms with Crippen LogP contribution in [0.5, 0.6) is 23.0 Å². The minimum atomic E-state index is 0.632. The summed E-state index contributed by atoms with van der Waals surface area (Å²) in [5.41, 5.74) is 2.65. The van der Waals surface area contributed by atoms with Gasteiger partial charge < -0.3 is 18.9 Å². The summed E-state index contributed by atoms with van der Waals surface area (Å²) in [6.07, 6.45) is 7.23. The first-order valence-corrected chi connectivity index (χ1v) is 7.29. The lowest BCUT2D eigenvalue weighted by molar-refractivity contribution is 0.355. The highest BCUT2D eigenvalue weighted by Gasteiger charge is 2.12. The van der Waals surface area contributed by atoms with E-state index in [9.17, 15) is 0 Å².